The summed E-state index contributed by atoms with van der Waals surface area (Å²) in [6.45, 7) is 0.745. The fraction of sp³-hybridized carbons (Fsp3) is 0.636. The van der Waals surface area contributed by atoms with Crippen LogP contribution in [0, 0.1) is 0 Å². The van der Waals surface area contributed by atoms with E-state index < -0.39 is 19.9 Å². The topological polar surface area (TPSA) is 83.6 Å². The molecule has 0 aliphatic carbocycles. The molecule has 0 aromatic carbocycles. The third-order valence-electron chi connectivity index (χ3n) is 2.70. The minimum absolute atomic E-state index is 0.0368. The highest BCUT2D eigenvalue weighted by atomic mass is 32.2. The number of sulfone groups is 1. The van der Waals surface area contributed by atoms with Crippen LogP contribution in [0.5, 0.6) is 0 Å². The number of hydrogen-bond acceptors (Lipinski definition) is 6. The van der Waals surface area contributed by atoms with Crippen LogP contribution in [0.4, 0.5) is 0 Å². The molecule has 0 amide bonds. The lowest BCUT2D eigenvalue weighted by molar-refractivity contribution is 0.486. The molecular weight excluding hydrogens is 320 g/mol. The Morgan fingerprint density at radius 1 is 1.25 bits per heavy atom. The number of nitrogens with zero attached hydrogens (tertiary/aromatic N) is 1. The average molecular weight is 340 g/mol. The zero-order valence-electron chi connectivity index (χ0n) is 11.8. The van der Waals surface area contributed by atoms with Crippen molar-refractivity contribution in [3.63, 3.8) is 0 Å². The Morgan fingerprint density at radius 2 is 1.90 bits per heavy atom. The monoisotopic (exact) mass is 340 g/mol. The van der Waals surface area contributed by atoms with Gasteiger partial charge in [-0.05, 0) is 32.1 Å². The minimum Gasteiger partial charge on any atom is -0.319 e. The molecule has 116 valence electrons. The summed E-state index contributed by atoms with van der Waals surface area (Å²) >= 11 is 1.22. The summed E-state index contributed by atoms with van der Waals surface area (Å²) in [5, 5.41) is 3.00. The third kappa shape index (κ3) is 5.13. The molecule has 0 saturated heterocycles. The normalized spacial score (nSPS) is 13.0. The zero-order valence-corrected chi connectivity index (χ0v) is 14.2. The van der Waals surface area contributed by atoms with Crippen LogP contribution in [0.15, 0.2) is 16.3 Å². The molecule has 1 N–H and O–H groups in total. The molecule has 20 heavy (non-hydrogen) atoms. The fourth-order valence-corrected chi connectivity index (χ4v) is 4.91. The van der Waals surface area contributed by atoms with Crippen LogP contribution >= 0.6 is 11.3 Å². The summed E-state index contributed by atoms with van der Waals surface area (Å²) in [4.78, 5) is 0.981. The molecule has 0 spiro atoms. The van der Waals surface area contributed by atoms with Crippen molar-refractivity contribution in [3.05, 3.63) is 17.0 Å². The van der Waals surface area contributed by atoms with Gasteiger partial charge in [0.05, 0.1) is 5.75 Å². The second-order valence-corrected chi connectivity index (χ2v) is 10.2. The lowest BCUT2D eigenvalue weighted by atomic mass is 10.3. The standard InChI is InChI=1S/C11H20N2O4S3/c1-12-7-6-10-4-5-11(18-10)20(16,17)13(2)8-9-19(3,14)15/h4-5,12H,6-9H2,1-3H3. The van der Waals surface area contributed by atoms with E-state index in [9.17, 15) is 16.8 Å². The lowest BCUT2D eigenvalue weighted by Crippen LogP contribution is -2.31. The maximum absolute atomic E-state index is 12.3. The lowest BCUT2D eigenvalue weighted by Gasteiger charge is -2.15. The van der Waals surface area contributed by atoms with Gasteiger partial charge in [0.15, 0.2) is 0 Å². The number of sulfonamides is 1. The first-order chi connectivity index (χ1) is 9.16. The van der Waals surface area contributed by atoms with Crippen molar-refractivity contribution in [2.75, 3.05) is 39.2 Å². The van der Waals surface area contributed by atoms with Gasteiger partial charge in [-0.3, -0.25) is 0 Å². The predicted molar refractivity (Wildman–Crippen MR) is 81.5 cm³/mol. The van der Waals surface area contributed by atoms with E-state index in [1.807, 2.05) is 7.05 Å². The van der Waals surface area contributed by atoms with Gasteiger partial charge in [-0.1, -0.05) is 0 Å². The van der Waals surface area contributed by atoms with Gasteiger partial charge in [0.1, 0.15) is 14.0 Å². The molecule has 1 heterocycles. The van der Waals surface area contributed by atoms with Crippen LogP contribution in [0.3, 0.4) is 0 Å². The van der Waals surface area contributed by atoms with Gasteiger partial charge in [-0.25, -0.2) is 16.8 Å². The van der Waals surface area contributed by atoms with E-state index in [1.54, 1.807) is 12.1 Å². The van der Waals surface area contributed by atoms with Crippen molar-refractivity contribution in [1.82, 2.24) is 9.62 Å². The molecule has 0 aliphatic heterocycles. The van der Waals surface area contributed by atoms with Crippen LogP contribution in [0.2, 0.25) is 0 Å². The van der Waals surface area contributed by atoms with E-state index in [2.05, 4.69) is 5.32 Å². The zero-order chi connectivity index (χ0) is 15.4. The van der Waals surface area contributed by atoms with E-state index in [1.165, 1.54) is 18.4 Å². The Bertz CT molecular complexity index is 634. The smallest absolute Gasteiger partial charge is 0.252 e. The first-order valence-corrected chi connectivity index (χ1v) is 10.4. The summed E-state index contributed by atoms with van der Waals surface area (Å²) < 4.78 is 48.1. The Hall–Kier alpha value is -0.480. The van der Waals surface area contributed by atoms with E-state index >= 15 is 0 Å². The number of likely N-dealkylation sites (N-methyl/N-ethyl adjacent to an activating group) is 1. The van der Waals surface area contributed by atoms with Gasteiger partial charge >= 0.3 is 0 Å². The fourth-order valence-electron chi connectivity index (χ4n) is 1.45. The van der Waals surface area contributed by atoms with Crippen LogP contribution in [0.1, 0.15) is 4.88 Å². The van der Waals surface area contributed by atoms with Crippen molar-refractivity contribution in [2.24, 2.45) is 0 Å². The maximum Gasteiger partial charge on any atom is 0.252 e. The number of nitrogens with one attached hydrogen (secondary N) is 1. The van der Waals surface area contributed by atoms with E-state index in [0.29, 0.717) is 0 Å². The van der Waals surface area contributed by atoms with Crippen molar-refractivity contribution in [3.8, 4) is 0 Å². The van der Waals surface area contributed by atoms with Crippen molar-refractivity contribution >= 4 is 31.2 Å². The Kier molecular flexibility index (Phi) is 6.14. The van der Waals surface area contributed by atoms with Crippen LogP contribution in [0.25, 0.3) is 0 Å². The highest BCUT2D eigenvalue weighted by molar-refractivity contribution is 7.91. The second kappa shape index (κ2) is 6.99. The van der Waals surface area contributed by atoms with Crippen LogP contribution in [-0.4, -0.2) is 60.3 Å². The van der Waals surface area contributed by atoms with Gasteiger partial charge in [0.25, 0.3) is 10.0 Å². The molecular formula is C11H20N2O4S3. The molecule has 1 rings (SSSR count). The quantitative estimate of drug-likeness (QED) is 0.730. The molecule has 0 fully saturated rings. The molecule has 0 bridgehead atoms. The highest BCUT2D eigenvalue weighted by Crippen LogP contribution is 2.24. The van der Waals surface area contributed by atoms with Crippen LogP contribution in [-0.2, 0) is 26.3 Å². The Balaban J connectivity index is 2.79. The highest BCUT2D eigenvalue weighted by Gasteiger charge is 2.23. The van der Waals surface area contributed by atoms with Gasteiger partial charge < -0.3 is 5.32 Å². The predicted octanol–water partition coefficient (Wildman–Crippen LogP) is 0.175. The molecule has 0 saturated carbocycles. The van der Waals surface area contributed by atoms with Crippen LogP contribution < -0.4 is 5.32 Å². The Morgan fingerprint density at radius 3 is 2.45 bits per heavy atom. The third-order valence-corrected chi connectivity index (χ3v) is 7.09. The van der Waals surface area contributed by atoms with Crippen molar-refractivity contribution in [1.29, 1.82) is 0 Å². The molecule has 0 atom stereocenters. The van der Waals surface area contributed by atoms with Crippen molar-refractivity contribution in [2.45, 2.75) is 10.6 Å². The molecule has 1 aromatic rings. The maximum atomic E-state index is 12.3. The molecule has 6 nitrogen and oxygen atoms in total. The largest absolute Gasteiger partial charge is 0.319 e. The molecule has 0 unspecified atom stereocenters. The average Bonchev–Trinajstić information content (AvgIpc) is 2.81. The summed E-state index contributed by atoms with van der Waals surface area (Å²) in [6, 6.07) is 3.36. The van der Waals surface area contributed by atoms with Crippen molar-refractivity contribution < 1.29 is 16.8 Å². The Labute approximate surface area is 124 Å². The molecule has 1 aromatic heterocycles. The molecule has 9 heteroatoms. The van der Waals surface area contributed by atoms with E-state index in [-0.39, 0.29) is 16.5 Å². The van der Waals surface area contributed by atoms with E-state index in [0.717, 1.165) is 28.4 Å². The first-order valence-electron chi connectivity index (χ1n) is 6.04. The van der Waals surface area contributed by atoms with Gasteiger partial charge in [-0.2, -0.15) is 4.31 Å². The number of hydrogen-bond donors (Lipinski definition) is 1. The van der Waals surface area contributed by atoms with Gasteiger partial charge in [-0.15, -0.1) is 11.3 Å². The molecule has 0 radical (unpaired) electrons. The molecule has 0 aliphatic rings. The summed E-state index contributed by atoms with van der Waals surface area (Å²) in [7, 11) is -3.54. The first kappa shape index (κ1) is 17.6. The summed E-state index contributed by atoms with van der Waals surface area (Å²) in [6.07, 6.45) is 1.86. The van der Waals surface area contributed by atoms with Gasteiger partial charge in [0, 0.05) is 24.7 Å². The second-order valence-electron chi connectivity index (χ2n) is 4.53. The van der Waals surface area contributed by atoms with E-state index in [4.69, 9.17) is 0 Å². The van der Waals surface area contributed by atoms with Gasteiger partial charge in [0.2, 0.25) is 0 Å². The number of rotatable bonds is 8. The summed E-state index contributed by atoms with van der Waals surface area (Å²) in [5.74, 6) is -0.180. The number of thiophene rings is 1. The SMILES string of the molecule is CNCCc1ccc(S(=O)(=O)N(C)CCS(C)(=O)=O)s1. The minimum atomic E-state index is -3.60. The summed E-state index contributed by atoms with van der Waals surface area (Å²) in [5.41, 5.74) is 0.